The molecule has 0 aromatic heterocycles. The molecule has 0 aliphatic carbocycles. The van der Waals surface area contributed by atoms with Gasteiger partial charge in [0, 0.05) is 13.6 Å². The van der Waals surface area contributed by atoms with Gasteiger partial charge in [-0.05, 0) is 59.0 Å². The highest BCUT2D eigenvalue weighted by molar-refractivity contribution is 14.1. The van der Waals surface area contributed by atoms with E-state index in [0.717, 1.165) is 3.57 Å². The van der Waals surface area contributed by atoms with Gasteiger partial charge < -0.3 is 4.74 Å². The van der Waals surface area contributed by atoms with Gasteiger partial charge in [-0.1, -0.05) is 15.9 Å². The summed E-state index contributed by atoms with van der Waals surface area (Å²) < 4.78 is 20.0. The Hall–Kier alpha value is -0.950. The summed E-state index contributed by atoms with van der Waals surface area (Å²) in [5.74, 6) is -0.247. The number of ketones is 1. The molecule has 0 spiro atoms. The predicted octanol–water partition coefficient (Wildman–Crippen LogP) is 4.43. The lowest BCUT2D eigenvalue weighted by molar-refractivity contribution is 0.103. The van der Waals surface area contributed by atoms with Gasteiger partial charge in [0.05, 0.1) is 12.7 Å². The Kier molecular flexibility index (Phi) is 4.57. The second kappa shape index (κ2) is 6.00. The van der Waals surface area contributed by atoms with Crippen LogP contribution in [-0.4, -0.2) is 12.9 Å². The first-order valence-corrected chi connectivity index (χ1v) is 7.23. The Bertz CT molecular complexity index is 623. The average molecular weight is 435 g/mol. The van der Waals surface area contributed by atoms with Gasteiger partial charge >= 0.3 is 0 Å². The summed E-state index contributed by atoms with van der Waals surface area (Å²) in [7, 11) is 1.50. The normalized spacial score (nSPS) is 10.3. The van der Waals surface area contributed by atoms with Crippen LogP contribution in [0.5, 0.6) is 5.75 Å². The van der Waals surface area contributed by atoms with E-state index in [4.69, 9.17) is 4.74 Å². The minimum absolute atomic E-state index is 0.268. The largest absolute Gasteiger partial charge is 0.496 e. The number of halogens is 3. The first-order valence-electron chi connectivity index (χ1n) is 5.35. The fourth-order valence-corrected chi connectivity index (χ4v) is 2.65. The van der Waals surface area contributed by atoms with Crippen LogP contribution >= 0.6 is 38.5 Å². The molecule has 5 heteroatoms. The van der Waals surface area contributed by atoms with Crippen LogP contribution in [0, 0.1) is 9.39 Å². The summed E-state index contributed by atoms with van der Waals surface area (Å²) >= 11 is 5.29. The number of benzene rings is 2. The molecular formula is C14H9BrFIO2. The molecule has 0 fully saturated rings. The molecule has 0 amide bonds. The Morgan fingerprint density at radius 2 is 2.00 bits per heavy atom. The van der Waals surface area contributed by atoms with Gasteiger partial charge in [0.15, 0.2) is 5.78 Å². The lowest BCUT2D eigenvalue weighted by Crippen LogP contribution is -2.05. The SMILES string of the molecule is COc1ccc(I)cc1C(=O)c1cc(F)cc(Br)c1. The quantitative estimate of drug-likeness (QED) is 0.527. The highest BCUT2D eigenvalue weighted by atomic mass is 127. The van der Waals surface area contributed by atoms with Crippen molar-refractivity contribution in [1.82, 2.24) is 0 Å². The Morgan fingerprint density at radius 3 is 2.63 bits per heavy atom. The van der Waals surface area contributed by atoms with Gasteiger partial charge in [0.2, 0.25) is 0 Å². The van der Waals surface area contributed by atoms with Crippen molar-refractivity contribution in [1.29, 1.82) is 0 Å². The van der Waals surface area contributed by atoms with E-state index in [-0.39, 0.29) is 11.3 Å². The molecule has 0 aliphatic heterocycles. The molecule has 0 heterocycles. The summed E-state index contributed by atoms with van der Waals surface area (Å²) in [6.45, 7) is 0. The van der Waals surface area contributed by atoms with Crippen molar-refractivity contribution in [3.8, 4) is 5.75 Å². The second-order valence-electron chi connectivity index (χ2n) is 3.83. The maximum atomic E-state index is 13.4. The van der Waals surface area contributed by atoms with Crippen molar-refractivity contribution in [3.05, 3.63) is 61.4 Å². The highest BCUT2D eigenvalue weighted by Gasteiger charge is 2.16. The molecule has 0 radical (unpaired) electrons. The van der Waals surface area contributed by atoms with Gasteiger partial charge in [-0.25, -0.2) is 4.39 Å². The predicted molar refractivity (Wildman–Crippen MR) is 83.2 cm³/mol. The molecule has 0 N–H and O–H groups in total. The third-order valence-electron chi connectivity index (χ3n) is 2.53. The zero-order chi connectivity index (χ0) is 14.0. The molecule has 2 aromatic carbocycles. The van der Waals surface area contributed by atoms with Crippen molar-refractivity contribution in [3.63, 3.8) is 0 Å². The second-order valence-corrected chi connectivity index (χ2v) is 5.99. The van der Waals surface area contributed by atoms with Crippen LogP contribution in [0.25, 0.3) is 0 Å². The fraction of sp³-hybridized carbons (Fsp3) is 0.0714. The maximum Gasteiger partial charge on any atom is 0.196 e. The summed E-state index contributed by atoms with van der Waals surface area (Å²) in [6.07, 6.45) is 0. The first kappa shape index (κ1) is 14.5. The molecule has 19 heavy (non-hydrogen) atoms. The lowest BCUT2D eigenvalue weighted by Gasteiger charge is -2.08. The van der Waals surface area contributed by atoms with Crippen LogP contribution < -0.4 is 4.74 Å². The van der Waals surface area contributed by atoms with E-state index in [0.29, 0.717) is 15.8 Å². The number of carbonyl (C=O) groups is 1. The van der Waals surface area contributed by atoms with E-state index in [2.05, 4.69) is 38.5 Å². The van der Waals surface area contributed by atoms with Crippen LogP contribution in [0.15, 0.2) is 40.9 Å². The fourth-order valence-electron chi connectivity index (χ4n) is 1.70. The Morgan fingerprint density at radius 1 is 1.26 bits per heavy atom. The molecule has 0 bridgehead atoms. The van der Waals surface area contributed by atoms with Crippen LogP contribution in [0.2, 0.25) is 0 Å². The van der Waals surface area contributed by atoms with Crippen molar-refractivity contribution in [2.75, 3.05) is 7.11 Å². The zero-order valence-corrected chi connectivity index (χ0v) is 13.7. The number of hydrogen-bond donors (Lipinski definition) is 0. The monoisotopic (exact) mass is 434 g/mol. The number of methoxy groups -OCH3 is 1. The summed E-state index contributed by atoms with van der Waals surface area (Å²) in [6, 6.07) is 9.40. The van der Waals surface area contributed by atoms with E-state index in [1.54, 1.807) is 18.2 Å². The molecule has 2 nitrogen and oxygen atoms in total. The molecule has 0 aliphatic rings. The van der Waals surface area contributed by atoms with Crippen LogP contribution in [0.3, 0.4) is 0 Å². The van der Waals surface area contributed by atoms with Crippen molar-refractivity contribution in [2.24, 2.45) is 0 Å². The first-order chi connectivity index (χ1) is 9.01. The number of hydrogen-bond acceptors (Lipinski definition) is 2. The zero-order valence-electron chi connectivity index (χ0n) is 9.91. The molecule has 0 saturated heterocycles. The Balaban J connectivity index is 2.52. The molecular weight excluding hydrogens is 426 g/mol. The summed E-state index contributed by atoms with van der Waals surface area (Å²) in [4.78, 5) is 12.4. The van der Waals surface area contributed by atoms with Crippen molar-refractivity contribution in [2.45, 2.75) is 0 Å². The van der Waals surface area contributed by atoms with Crippen molar-refractivity contribution < 1.29 is 13.9 Å². The third kappa shape index (κ3) is 3.33. The van der Waals surface area contributed by atoms with E-state index in [1.165, 1.54) is 19.2 Å². The third-order valence-corrected chi connectivity index (χ3v) is 3.66. The minimum Gasteiger partial charge on any atom is -0.496 e. The van der Waals surface area contributed by atoms with Crippen LogP contribution in [0.4, 0.5) is 4.39 Å². The molecule has 0 saturated carbocycles. The maximum absolute atomic E-state index is 13.4. The summed E-state index contributed by atoms with van der Waals surface area (Å²) in [5.41, 5.74) is 0.707. The molecule has 2 aromatic rings. The lowest BCUT2D eigenvalue weighted by atomic mass is 10.0. The smallest absolute Gasteiger partial charge is 0.196 e. The highest BCUT2D eigenvalue weighted by Crippen LogP contribution is 2.25. The van der Waals surface area contributed by atoms with E-state index in [1.807, 2.05) is 6.07 Å². The number of carbonyl (C=O) groups excluding carboxylic acids is 1. The van der Waals surface area contributed by atoms with Gasteiger partial charge in [0.25, 0.3) is 0 Å². The minimum atomic E-state index is -0.456. The topological polar surface area (TPSA) is 26.3 Å². The van der Waals surface area contributed by atoms with E-state index >= 15 is 0 Å². The van der Waals surface area contributed by atoms with Gasteiger partial charge in [-0.2, -0.15) is 0 Å². The van der Waals surface area contributed by atoms with Gasteiger partial charge in [-0.15, -0.1) is 0 Å². The van der Waals surface area contributed by atoms with Crippen LogP contribution in [0.1, 0.15) is 15.9 Å². The van der Waals surface area contributed by atoms with Crippen LogP contribution in [-0.2, 0) is 0 Å². The number of rotatable bonds is 3. The molecule has 2 rings (SSSR count). The summed E-state index contributed by atoms with van der Waals surface area (Å²) in [5, 5.41) is 0. The molecule has 0 atom stereocenters. The Labute approximate surface area is 132 Å². The van der Waals surface area contributed by atoms with Crippen molar-refractivity contribution >= 4 is 44.3 Å². The van der Waals surface area contributed by atoms with Gasteiger partial charge in [0.1, 0.15) is 11.6 Å². The average Bonchev–Trinajstić information content (AvgIpc) is 2.36. The molecule has 98 valence electrons. The standard InChI is InChI=1S/C14H9BrFIO2/c1-19-13-3-2-11(17)7-12(13)14(18)8-4-9(15)6-10(16)5-8/h2-7H,1H3. The van der Waals surface area contributed by atoms with Gasteiger partial charge in [-0.3, -0.25) is 4.79 Å². The molecule has 0 unspecified atom stereocenters. The van der Waals surface area contributed by atoms with E-state index < -0.39 is 5.82 Å². The number of ether oxygens (including phenoxy) is 1. The van der Waals surface area contributed by atoms with E-state index in [9.17, 15) is 9.18 Å².